The van der Waals surface area contributed by atoms with Gasteiger partial charge in [-0.2, -0.15) is 0 Å². The summed E-state index contributed by atoms with van der Waals surface area (Å²) in [5, 5.41) is 21.2. The van der Waals surface area contributed by atoms with Gasteiger partial charge < -0.3 is 0 Å². The van der Waals surface area contributed by atoms with Crippen LogP contribution in [0.3, 0.4) is 0 Å². The van der Waals surface area contributed by atoms with Gasteiger partial charge in [0, 0.05) is 12.8 Å². The van der Waals surface area contributed by atoms with E-state index >= 15 is 0 Å². The molecule has 82 valence electrons. The molecule has 0 aliphatic rings. The second-order valence-electron chi connectivity index (χ2n) is 2.79. The molecular formula is C7H8N2O6. The molecule has 0 spiro atoms. The number of hydrogen-bond acceptors (Lipinski definition) is 6. The van der Waals surface area contributed by atoms with Crippen LogP contribution >= 0.6 is 0 Å². The normalized spacial score (nSPS) is 10.7. The Morgan fingerprint density at radius 1 is 0.933 bits per heavy atom. The Morgan fingerprint density at radius 2 is 1.27 bits per heavy atom. The smallest absolute Gasteiger partial charge is 0.291 e. The van der Waals surface area contributed by atoms with E-state index in [1.165, 1.54) is 12.6 Å². The van der Waals surface area contributed by atoms with Gasteiger partial charge in [-0.05, 0) is 0 Å². The number of nitro groups is 2. The van der Waals surface area contributed by atoms with Crippen molar-refractivity contribution in [2.75, 3.05) is 0 Å². The number of nitrogens with zero attached hydrogens (tertiary/aromatic N) is 2. The van der Waals surface area contributed by atoms with Crippen LogP contribution < -0.4 is 0 Å². The Hall–Kier alpha value is -1.86. The van der Waals surface area contributed by atoms with Crippen LogP contribution in [0.5, 0.6) is 0 Å². The molecule has 0 aromatic rings. The maximum Gasteiger partial charge on any atom is 0.459 e. The van der Waals surface area contributed by atoms with E-state index in [2.05, 4.69) is 0 Å². The summed E-state index contributed by atoms with van der Waals surface area (Å²) in [6.07, 6.45) is 0.729. The fourth-order valence-corrected chi connectivity index (χ4v) is 1.06. The lowest BCUT2D eigenvalue weighted by atomic mass is 10.00. The van der Waals surface area contributed by atoms with Gasteiger partial charge in [-0.3, -0.25) is 29.8 Å². The molecule has 0 atom stereocenters. The van der Waals surface area contributed by atoms with Gasteiger partial charge in [0.25, 0.3) is 0 Å². The Bertz CT molecular complexity index is 249. The van der Waals surface area contributed by atoms with Crippen molar-refractivity contribution >= 4 is 12.6 Å². The average molecular weight is 216 g/mol. The van der Waals surface area contributed by atoms with Crippen LogP contribution in [0, 0.1) is 20.2 Å². The van der Waals surface area contributed by atoms with Gasteiger partial charge in [-0.15, -0.1) is 0 Å². The fourth-order valence-electron chi connectivity index (χ4n) is 1.06. The van der Waals surface area contributed by atoms with Crippen LogP contribution in [0.4, 0.5) is 0 Å². The zero-order valence-corrected chi connectivity index (χ0v) is 7.67. The fraction of sp³-hybridized carbons (Fsp3) is 0.714. The topological polar surface area (TPSA) is 120 Å². The van der Waals surface area contributed by atoms with E-state index in [4.69, 9.17) is 0 Å². The van der Waals surface area contributed by atoms with Gasteiger partial charge in [0.2, 0.25) is 0 Å². The van der Waals surface area contributed by atoms with Crippen molar-refractivity contribution in [3.63, 3.8) is 0 Å². The molecule has 0 heterocycles. The Morgan fingerprint density at radius 3 is 1.47 bits per heavy atom. The van der Waals surface area contributed by atoms with Crippen molar-refractivity contribution in [2.45, 2.75) is 31.3 Å². The zero-order chi connectivity index (χ0) is 11.9. The molecule has 0 bridgehead atoms. The van der Waals surface area contributed by atoms with Gasteiger partial charge in [0.15, 0.2) is 12.6 Å². The Kier molecular flexibility index (Phi) is 5.07. The van der Waals surface area contributed by atoms with E-state index in [9.17, 15) is 29.8 Å². The number of rotatable bonds is 8. The molecule has 8 nitrogen and oxygen atoms in total. The first kappa shape index (κ1) is 13.1. The van der Waals surface area contributed by atoms with Gasteiger partial charge in [-0.25, -0.2) is 0 Å². The lowest BCUT2D eigenvalue weighted by Gasteiger charge is -2.14. The molecule has 0 rings (SSSR count). The third-order valence-corrected chi connectivity index (χ3v) is 1.93. The lowest BCUT2D eigenvalue weighted by Crippen LogP contribution is -2.46. The molecular weight excluding hydrogens is 208 g/mol. The molecule has 15 heavy (non-hydrogen) atoms. The highest BCUT2D eigenvalue weighted by Crippen LogP contribution is 2.23. The summed E-state index contributed by atoms with van der Waals surface area (Å²) in [4.78, 5) is 38.8. The van der Waals surface area contributed by atoms with Crippen LogP contribution in [0.2, 0.25) is 0 Å². The first-order valence-electron chi connectivity index (χ1n) is 4.00. The van der Waals surface area contributed by atoms with Crippen molar-refractivity contribution in [1.29, 1.82) is 0 Å². The molecule has 0 amide bonds. The Labute approximate surface area is 84.6 Å². The monoisotopic (exact) mass is 216 g/mol. The van der Waals surface area contributed by atoms with Crippen molar-refractivity contribution in [1.82, 2.24) is 0 Å². The summed E-state index contributed by atoms with van der Waals surface area (Å²) in [6.45, 7) is 0. The van der Waals surface area contributed by atoms with E-state index in [-0.39, 0.29) is 0 Å². The van der Waals surface area contributed by atoms with Crippen LogP contribution in [0.15, 0.2) is 0 Å². The molecule has 0 fully saturated rings. The molecule has 0 saturated heterocycles. The maximum absolute atomic E-state index is 10.6. The first-order chi connectivity index (χ1) is 7.01. The van der Waals surface area contributed by atoms with Crippen molar-refractivity contribution in [3.8, 4) is 0 Å². The molecule has 8 heteroatoms. The van der Waals surface area contributed by atoms with Gasteiger partial charge in [-0.1, -0.05) is 0 Å². The summed E-state index contributed by atoms with van der Waals surface area (Å²) < 4.78 is 0. The minimum atomic E-state index is -2.48. The summed E-state index contributed by atoms with van der Waals surface area (Å²) in [5.41, 5.74) is -2.48. The maximum atomic E-state index is 10.6. The van der Waals surface area contributed by atoms with E-state index in [0.29, 0.717) is 0 Å². The van der Waals surface area contributed by atoms with E-state index in [1.807, 2.05) is 0 Å². The van der Waals surface area contributed by atoms with Gasteiger partial charge >= 0.3 is 5.66 Å². The van der Waals surface area contributed by atoms with Gasteiger partial charge in [0.05, 0.1) is 22.7 Å². The van der Waals surface area contributed by atoms with Crippen LogP contribution in [-0.2, 0) is 9.59 Å². The molecule has 0 aromatic carbocycles. The standard InChI is InChI=1S/C7H8N2O6/c10-5-1-3-7(8(12)13,9(14)15)4-2-6-11/h1-4H2. The highest BCUT2D eigenvalue weighted by molar-refractivity contribution is 5.51. The molecule has 0 N–H and O–H groups in total. The predicted octanol–water partition coefficient (Wildman–Crippen LogP) is 0.0159. The summed E-state index contributed by atoms with van der Waals surface area (Å²) in [5.74, 6) is 0. The van der Waals surface area contributed by atoms with E-state index in [1.54, 1.807) is 0 Å². The second-order valence-corrected chi connectivity index (χ2v) is 2.79. The summed E-state index contributed by atoms with van der Waals surface area (Å²) >= 11 is 0. The van der Waals surface area contributed by atoms with Crippen molar-refractivity contribution in [2.24, 2.45) is 0 Å². The summed E-state index contributed by atoms with van der Waals surface area (Å²) in [6, 6.07) is 0. The molecule has 0 aromatic heterocycles. The molecule has 0 aliphatic heterocycles. The average Bonchev–Trinajstić information content (AvgIpc) is 2.17. The highest BCUT2D eigenvalue weighted by Gasteiger charge is 2.54. The SMILES string of the molecule is O=[C]CCC(CC[C]=O)([N+](=O)[O-])[N+](=O)[O-]. The first-order valence-corrected chi connectivity index (χ1v) is 4.00. The van der Waals surface area contributed by atoms with Crippen LogP contribution in [0.1, 0.15) is 25.7 Å². The molecule has 0 saturated carbocycles. The highest BCUT2D eigenvalue weighted by atomic mass is 16.7. The minimum absolute atomic E-state index is 0.416. The quantitative estimate of drug-likeness (QED) is 0.320. The zero-order valence-electron chi connectivity index (χ0n) is 7.67. The molecule has 0 unspecified atom stereocenters. The Balaban J connectivity index is 4.88. The van der Waals surface area contributed by atoms with Gasteiger partial charge in [0.1, 0.15) is 0 Å². The third kappa shape index (κ3) is 3.08. The van der Waals surface area contributed by atoms with Crippen molar-refractivity contribution in [3.05, 3.63) is 20.2 Å². The predicted molar refractivity (Wildman–Crippen MR) is 46.6 cm³/mol. The third-order valence-electron chi connectivity index (χ3n) is 1.93. The number of hydrogen-bond donors (Lipinski definition) is 0. The van der Waals surface area contributed by atoms with Crippen molar-refractivity contribution < 1.29 is 19.4 Å². The lowest BCUT2D eigenvalue weighted by molar-refractivity contribution is -0.798. The van der Waals surface area contributed by atoms with E-state index < -0.39 is 41.2 Å². The van der Waals surface area contributed by atoms with E-state index in [0.717, 1.165) is 0 Å². The summed E-state index contributed by atoms with van der Waals surface area (Å²) in [7, 11) is 0. The minimum Gasteiger partial charge on any atom is -0.291 e. The molecule has 0 aliphatic carbocycles. The van der Waals surface area contributed by atoms with Crippen LogP contribution in [0.25, 0.3) is 0 Å². The number of carbonyl (C=O) groups excluding carboxylic acids is 2. The molecule has 2 radical (unpaired) electrons. The largest absolute Gasteiger partial charge is 0.459 e. The second kappa shape index (κ2) is 5.78. The van der Waals surface area contributed by atoms with Crippen LogP contribution in [-0.4, -0.2) is 28.1 Å².